The lowest BCUT2D eigenvalue weighted by Gasteiger charge is -2.23. The fourth-order valence-corrected chi connectivity index (χ4v) is 12.5. The molecule has 0 spiro atoms. The van der Waals surface area contributed by atoms with Gasteiger partial charge in [-0.05, 0) is 122 Å². The minimum atomic E-state index is -5.13. The molecular weight excluding hydrogens is 913 g/mol. The summed E-state index contributed by atoms with van der Waals surface area (Å²) in [6.07, 6.45) is -10.1. The highest BCUT2D eigenvalue weighted by molar-refractivity contribution is 6.16. The molecule has 2 aliphatic carbocycles. The molecule has 0 amide bonds. The van der Waals surface area contributed by atoms with E-state index in [-0.39, 0.29) is 22.6 Å². The van der Waals surface area contributed by atoms with Crippen LogP contribution < -0.4 is 0 Å². The number of alkyl halides is 6. The van der Waals surface area contributed by atoms with E-state index in [2.05, 4.69) is 122 Å². The third-order valence-corrected chi connectivity index (χ3v) is 15.6. The van der Waals surface area contributed by atoms with E-state index in [0.29, 0.717) is 28.6 Å². The Kier molecular flexibility index (Phi) is 9.00. The first kappa shape index (κ1) is 43.7. The molecule has 11 aromatic rings. The molecule has 0 saturated carbocycles. The van der Waals surface area contributed by atoms with Crippen LogP contribution in [0.4, 0.5) is 26.3 Å². The smallest absolute Gasteiger partial charge is 0.309 e. The summed E-state index contributed by atoms with van der Waals surface area (Å²) in [5.74, 6) is 0. The summed E-state index contributed by atoms with van der Waals surface area (Å²) >= 11 is 0. The molecule has 0 radical (unpaired) electrons. The molecule has 0 bridgehead atoms. The van der Waals surface area contributed by atoms with Gasteiger partial charge >= 0.3 is 12.4 Å². The number of halogens is 6. The van der Waals surface area contributed by atoms with Crippen LogP contribution in [0.15, 0.2) is 176 Å². The molecule has 2 heterocycles. The van der Waals surface area contributed by atoms with Crippen LogP contribution in [0.1, 0.15) is 66.6 Å². The van der Waals surface area contributed by atoms with Gasteiger partial charge in [-0.3, -0.25) is 0 Å². The average molecular weight is 954 g/mol. The van der Waals surface area contributed by atoms with Gasteiger partial charge in [0.2, 0.25) is 0 Å². The van der Waals surface area contributed by atoms with E-state index in [0.717, 1.165) is 66.4 Å². The van der Waals surface area contributed by atoms with Crippen molar-refractivity contribution in [1.82, 2.24) is 9.13 Å². The Morgan fingerprint density at radius 1 is 0.431 bits per heavy atom. The van der Waals surface area contributed by atoms with Crippen LogP contribution in [0.3, 0.4) is 0 Å². The first-order chi connectivity index (χ1) is 34.5. The van der Waals surface area contributed by atoms with Gasteiger partial charge in [-0.1, -0.05) is 137 Å². The Labute approximate surface area is 410 Å². The maximum absolute atomic E-state index is 15.0. The monoisotopic (exact) mass is 953 g/mol. The summed E-state index contributed by atoms with van der Waals surface area (Å²) in [4.78, 5) is 0. The molecule has 9 heteroatoms. The minimum absolute atomic E-state index is 0.0385. The van der Waals surface area contributed by atoms with Gasteiger partial charge in [0.25, 0.3) is 0 Å². The molecular formula is C63H41F6N3. The third kappa shape index (κ3) is 5.99. The van der Waals surface area contributed by atoms with E-state index in [1.807, 2.05) is 54.6 Å². The number of hydrogen-bond acceptors (Lipinski definition) is 1. The number of rotatable bonds is 4. The molecule has 350 valence electrons. The number of hydrogen-bond donors (Lipinski definition) is 0. The van der Waals surface area contributed by atoms with Gasteiger partial charge in [0, 0.05) is 49.2 Å². The standard InChI is InChI=1S/C63H41F6N3/c1-60(2)48-17-9-5-13-40(48)42-26-29-54-56(58(42)60)44-15-7-11-19-51(44)71(54)38-24-21-36(34-70)46(33-38)47-31-35(39-25-23-37(62(64,65)66)32-50(39)63(67,68)69)22-28-53(47)72-52-20-12-8-16-45(52)57-55(72)30-27-43-41-14-6-10-18-49(41)61(3,4)59(43)57/h5-33H,1-4H3. The highest BCUT2D eigenvalue weighted by atomic mass is 19.4. The van der Waals surface area contributed by atoms with Crippen molar-refractivity contribution < 1.29 is 26.3 Å². The molecule has 0 saturated heterocycles. The summed E-state index contributed by atoms with van der Waals surface area (Å²) in [6.45, 7) is 8.95. The van der Waals surface area contributed by atoms with Gasteiger partial charge in [0.05, 0.1) is 50.5 Å². The molecule has 2 aromatic heterocycles. The second-order valence-electron chi connectivity index (χ2n) is 20.1. The van der Waals surface area contributed by atoms with Crippen molar-refractivity contribution in [2.45, 2.75) is 50.9 Å². The Balaban J connectivity index is 1.11. The molecule has 2 aliphatic rings. The zero-order chi connectivity index (χ0) is 49.8. The Hall–Kier alpha value is -8.35. The number of aromatic nitrogens is 2. The molecule has 0 N–H and O–H groups in total. The lowest BCUT2D eigenvalue weighted by molar-refractivity contribution is -0.142. The lowest BCUT2D eigenvalue weighted by atomic mass is 9.80. The number of nitriles is 1. The van der Waals surface area contributed by atoms with Crippen molar-refractivity contribution in [1.29, 1.82) is 5.26 Å². The Bertz CT molecular complexity index is 4210. The third-order valence-electron chi connectivity index (χ3n) is 15.6. The zero-order valence-corrected chi connectivity index (χ0v) is 39.4. The zero-order valence-electron chi connectivity index (χ0n) is 39.4. The molecule has 72 heavy (non-hydrogen) atoms. The van der Waals surface area contributed by atoms with Gasteiger partial charge < -0.3 is 9.13 Å². The fraction of sp³-hybridized carbons (Fsp3) is 0.127. The quantitative estimate of drug-likeness (QED) is 0.162. The Morgan fingerprint density at radius 2 is 0.958 bits per heavy atom. The van der Waals surface area contributed by atoms with Crippen molar-refractivity contribution >= 4 is 43.6 Å². The van der Waals surface area contributed by atoms with Crippen LogP contribution in [0.5, 0.6) is 0 Å². The summed E-state index contributed by atoms with van der Waals surface area (Å²) < 4.78 is 91.5. The number of fused-ring (bicyclic) bond motifs is 14. The number of benzene rings is 9. The van der Waals surface area contributed by atoms with Crippen LogP contribution in [-0.4, -0.2) is 9.13 Å². The van der Waals surface area contributed by atoms with Crippen LogP contribution in [0, 0.1) is 11.3 Å². The van der Waals surface area contributed by atoms with Crippen molar-refractivity contribution in [3.05, 3.63) is 215 Å². The first-order valence-electron chi connectivity index (χ1n) is 23.8. The van der Waals surface area contributed by atoms with Crippen molar-refractivity contribution in [3.63, 3.8) is 0 Å². The molecule has 3 nitrogen and oxygen atoms in total. The Morgan fingerprint density at radius 3 is 1.53 bits per heavy atom. The van der Waals surface area contributed by atoms with Crippen molar-refractivity contribution in [3.8, 4) is 62.0 Å². The maximum Gasteiger partial charge on any atom is 0.417 e. The van der Waals surface area contributed by atoms with Crippen molar-refractivity contribution in [2.75, 3.05) is 0 Å². The van der Waals surface area contributed by atoms with E-state index in [4.69, 9.17) is 0 Å². The summed E-state index contributed by atoms with van der Waals surface area (Å²) in [5, 5.41) is 15.2. The van der Waals surface area contributed by atoms with E-state index < -0.39 is 34.5 Å². The van der Waals surface area contributed by atoms with E-state index in [1.165, 1.54) is 33.9 Å². The normalized spacial score (nSPS) is 14.5. The second kappa shape index (κ2) is 14.8. The number of para-hydroxylation sites is 2. The maximum atomic E-state index is 15.0. The van der Waals surface area contributed by atoms with Crippen molar-refractivity contribution in [2.24, 2.45) is 0 Å². The lowest BCUT2D eigenvalue weighted by Crippen LogP contribution is -2.15. The van der Waals surface area contributed by atoms with Gasteiger partial charge in [-0.25, -0.2) is 0 Å². The average Bonchev–Trinajstić information content (AvgIpc) is 4.04. The van der Waals surface area contributed by atoms with Gasteiger partial charge in [0.1, 0.15) is 0 Å². The molecule has 0 fully saturated rings. The SMILES string of the molecule is CC1(C)c2ccccc2-c2ccc3c(c21)c1ccccc1n3-c1ccc(C#N)c(-c2cc(-c3ccc(C(F)(F)F)cc3C(F)(F)F)ccc2-n2c3ccccc3c3c4c(ccc32)-c2ccccc2C4(C)C)c1. The predicted molar refractivity (Wildman–Crippen MR) is 276 cm³/mol. The van der Waals surface area contributed by atoms with Gasteiger partial charge in [0.15, 0.2) is 0 Å². The van der Waals surface area contributed by atoms with Crippen LogP contribution in [0.2, 0.25) is 0 Å². The summed E-state index contributed by atoms with van der Waals surface area (Å²) in [5.41, 5.74) is 11.5. The van der Waals surface area contributed by atoms with Gasteiger partial charge in [-0.15, -0.1) is 0 Å². The van der Waals surface area contributed by atoms with Crippen LogP contribution >= 0.6 is 0 Å². The molecule has 9 aromatic carbocycles. The van der Waals surface area contributed by atoms with Crippen LogP contribution in [-0.2, 0) is 23.2 Å². The van der Waals surface area contributed by atoms with E-state index in [1.54, 1.807) is 18.2 Å². The molecule has 0 aliphatic heterocycles. The first-order valence-corrected chi connectivity index (χ1v) is 23.8. The second-order valence-corrected chi connectivity index (χ2v) is 20.1. The van der Waals surface area contributed by atoms with Crippen LogP contribution in [0.25, 0.3) is 99.5 Å². The van der Waals surface area contributed by atoms with E-state index >= 15 is 13.2 Å². The summed E-state index contributed by atoms with van der Waals surface area (Å²) in [7, 11) is 0. The topological polar surface area (TPSA) is 33.6 Å². The molecule has 13 rings (SSSR count). The minimum Gasteiger partial charge on any atom is -0.309 e. The molecule has 0 atom stereocenters. The summed E-state index contributed by atoms with van der Waals surface area (Å²) in [6, 6.07) is 56.2. The predicted octanol–water partition coefficient (Wildman–Crippen LogP) is 17.7. The largest absolute Gasteiger partial charge is 0.417 e. The van der Waals surface area contributed by atoms with E-state index in [9.17, 15) is 18.4 Å². The van der Waals surface area contributed by atoms with Gasteiger partial charge in [-0.2, -0.15) is 31.6 Å². The highest BCUT2D eigenvalue weighted by Gasteiger charge is 2.41. The molecule has 0 unspecified atom stereocenters. The fourth-order valence-electron chi connectivity index (χ4n) is 12.5. The highest BCUT2D eigenvalue weighted by Crippen LogP contribution is 2.56. The number of nitrogens with zero attached hydrogens (tertiary/aromatic N) is 3.